The summed E-state index contributed by atoms with van der Waals surface area (Å²) in [5.74, 6) is 4.72. The molecule has 0 N–H and O–H groups in total. The summed E-state index contributed by atoms with van der Waals surface area (Å²) in [4.78, 5) is 0. The van der Waals surface area contributed by atoms with Gasteiger partial charge in [0.1, 0.15) is 0 Å². The topological polar surface area (TPSA) is 0 Å². The van der Waals surface area contributed by atoms with Gasteiger partial charge in [-0.1, -0.05) is 38.6 Å². The molecule has 0 aromatic carbocycles. The molecule has 0 spiro atoms. The summed E-state index contributed by atoms with van der Waals surface area (Å²) >= 11 is 0. The molecule has 0 aliphatic carbocycles. The Kier molecular flexibility index (Phi) is 6.19. The van der Waals surface area contributed by atoms with Crippen LogP contribution >= 0.6 is 32.8 Å². The SMILES string of the molecule is Cc1cpc(-c2[p-]c(-c3[p-]c(-c4cc(C)c(C)cp4)c(C)c3C)c(C)c2C)cc1C. The van der Waals surface area contributed by atoms with Crippen LogP contribution in [0.1, 0.15) is 44.5 Å². The fraction of sp³-hybridized carbons (Fsp3) is 0.308. The van der Waals surface area contributed by atoms with Crippen LogP contribution in [0.5, 0.6) is 0 Å². The lowest BCUT2D eigenvalue weighted by Gasteiger charge is -2.19. The van der Waals surface area contributed by atoms with Gasteiger partial charge in [0, 0.05) is 0 Å². The minimum Gasteiger partial charge on any atom is -0.516 e. The largest absolute Gasteiger partial charge is 0.516 e. The van der Waals surface area contributed by atoms with Crippen LogP contribution < -0.4 is 0 Å². The Labute approximate surface area is 187 Å². The third kappa shape index (κ3) is 3.79. The van der Waals surface area contributed by atoms with Gasteiger partial charge in [-0.3, -0.25) is 0 Å². The van der Waals surface area contributed by atoms with Gasteiger partial charge in [-0.15, -0.1) is 0 Å². The second kappa shape index (κ2) is 8.42. The molecule has 0 bridgehead atoms. The Morgan fingerprint density at radius 3 is 1.13 bits per heavy atom. The highest BCUT2D eigenvalue weighted by molar-refractivity contribution is 7.46. The molecule has 0 aliphatic heterocycles. The van der Waals surface area contributed by atoms with E-state index in [4.69, 9.17) is 0 Å². The second-order valence-electron chi connectivity index (χ2n) is 8.43. The molecule has 0 atom stereocenters. The van der Waals surface area contributed by atoms with E-state index in [0.29, 0.717) is 0 Å². The van der Waals surface area contributed by atoms with Crippen LogP contribution in [-0.2, 0) is 0 Å². The first-order valence-corrected chi connectivity index (χ1v) is 14.1. The Morgan fingerprint density at radius 2 is 0.800 bits per heavy atom. The predicted octanol–water partition coefficient (Wildman–Crippen LogP) is 10.9. The zero-order valence-corrected chi connectivity index (χ0v) is 22.7. The van der Waals surface area contributed by atoms with E-state index in [9.17, 15) is 0 Å². The van der Waals surface area contributed by atoms with Gasteiger partial charge >= 0.3 is 0 Å². The molecule has 0 aliphatic rings. The summed E-state index contributed by atoms with van der Waals surface area (Å²) in [5.41, 5.74) is 11.5. The van der Waals surface area contributed by atoms with Crippen molar-refractivity contribution in [1.82, 2.24) is 0 Å². The summed E-state index contributed by atoms with van der Waals surface area (Å²) in [7, 11) is 5.45. The van der Waals surface area contributed by atoms with Crippen molar-refractivity contribution in [1.29, 1.82) is 0 Å². The molecular formula is C26H28P4-2. The quantitative estimate of drug-likeness (QED) is 0.283. The zero-order chi connectivity index (χ0) is 21.7. The highest BCUT2D eigenvalue weighted by Crippen LogP contribution is 2.54. The Hall–Kier alpha value is -1.14. The lowest BCUT2D eigenvalue weighted by atomic mass is 10.1. The van der Waals surface area contributed by atoms with Crippen molar-refractivity contribution < 1.29 is 0 Å². The monoisotopic (exact) mass is 464 g/mol. The van der Waals surface area contributed by atoms with Gasteiger partial charge in [0.2, 0.25) is 0 Å². The Bertz CT molecular complexity index is 1170. The van der Waals surface area contributed by atoms with Crippen molar-refractivity contribution in [2.24, 2.45) is 0 Å². The summed E-state index contributed by atoms with van der Waals surface area (Å²) in [6.07, 6.45) is 0. The zero-order valence-electron chi connectivity index (χ0n) is 19.1. The molecule has 0 fully saturated rings. The van der Waals surface area contributed by atoms with E-state index in [2.05, 4.69) is 79.1 Å². The van der Waals surface area contributed by atoms with E-state index < -0.39 is 0 Å². The maximum absolute atomic E-state index is 2.40. The number of aryl methyl sites for hydroxylation is 4. The molecule has 0 radical (unpaired) electrons. The first-order chi connectivity index (χ1) is 14.2. The highest BCUT2D eigenvalue weighted by atomic mass is 31.1. The summed E-state index contributed by atoms with van der Waals surface area (Å²) in [6, 6.07) is 4.81. The minimum absolute atomic E-state index is 1.34. The van der Waals surface area contributed by atoms with Gasteiger partial charge in [-0.2, -0.15) is 10.6 Å². The van der Waals surface area contributed by atoms with Crippen molar-refractivity contribution >= 4 is 32.8 Å². The fourth-order valence-electron chi connectivity index (χ4n) is 3.74. The molecular weight excluding hydrogens is 436 g/mol. The molecule has 0 saturated carbocycles. The lowest BCUT2D eigenvalue weighted by molar-refractivity contribution is 1.36. The summed E-state index contributed by atoms with van der Waals surface area (Å²) in [6.45, 7) is 18.2. The van der Waals surface area contributed by atoms with E-state index >= 15 is 0 Å². The number of hydrogen-bond acceptors (Lipinski definition) is 0. The third-order valence-electron chi connectivity index (χ3n) is 6.45. The molecule has 0 unspecified atom stereocenters. The van der Waals surface area contributed by atoms with E-state index in [1.807, 2.05) is 0 Å². The molecule has 4 heterocycles. The maximum atomic E-state index is 2.40. The van der Waals surface area contributed by atoms with Crippen LogP contribution in [0, 0.1) is 55.4 Å². The van der Waals surface area contributed by atoms with Crippen molar-refractivity contribution in [2.45, 2.75) is 55.4 Å². The lowest BCUT2D eigenvalue weighted by Crippen LogP contribution is -1.81. The average molecular weight is 464 g/mol. The van der Waals surface area contributed by atoms with Crippen LogP contribution in [0.3, 0.4) is 0 Å². The first-order valence-electron chi connectivity index (χ1n) is 10.3. The van der Waals surface area contributed by atoms with Crippen LogP contribution in [-0.4, -0.2) is 0 Å². The third-order valence-corrected chi connectivity index (χ3v) is 12.4. The smallest absolute Gasteiger partial charge is 0.0220 e. The first kappa shape index (κ1) is 22.1. The molecule has 30 heavy (non-hydrogen) atoms. The maximum Gasteiger partial charge on any atom is -0.0220 e. The van der Waals surface area contributed by atoms with Crippen LogP contribution in [0.4, 0.5) is 0 Å². The van der Waals surface area contributed by atoms with Crippen molar-refractivity contribution in [3.05, 3.63) is 68.2 Å². The predicted molar refractivity (Wildman–Crippen MR) is 142 cm³/mol. The molecule has 0 nitrogen and oxygen atoms in total. The van der Waals surface area contributed by atoms with Gasteiger partial charge in [-0.05, 0) is 112 Å². The Balaban J connectivity index is 1.85. The van der Waals surface area contributed by atoms with Crippen LogP contribution in [0.2, 0.25) is 0 Å². The number of hydrogen-bond donors (Lipinski definition) is 0. The van der Waals surface area contributed by atoms with Gasteiger partial charge in [0.05, 0.1) is 0 Å². The fourth-order valence-corrected chi connectivity index (χ4v) is 9.57. The van der Waals surface area contributed by atoms with Crippen molar-refractivity contribution in [2.75, 3.05) is 0 Å². The molecule has 4 aromatic heterocycles. The van der Waals surface area contributed by atoms with Gasteiger partial charge < -0.3 is 16.4 Å². The minimum atomic E-state index is 1.34. The Morgan fingerprint density at radius 1 is 0.467 bits per heavy atom. The summed E-state index contributed by atoms with van der Waals surface area (Å²) < 4.78 is 0. The van der Waals surface area contributed by atoms with E-state index in [-0.39, 0.29) is 0 Å². The van der Waals surface area contributed by atoms with E-state index in [1.165, 1.54) is 109 Å². The molecule has 0 saturated heterocycles. The summed E-state index contributed by atoms with van der Waals surface area (Å²) in [5, 5.41) is 9.07. The molecule has 4 rings (SSSR count). The van der Waals surface area contributed by atoms with Crippen LogP contribution in [0.15, 0.2) is 23.7 Å². The second-order valence-corrected chi connectivity index (χ2v) is 12.7. The number of rotatable bonds is 3. The van der Waals surface area contributed by atoms with Gasteiger partial charge in [0.25, 0.3) is 0 Å². The van der Waals surface area contributed by atoms with Crippen LogP contribution in [0.25, 0.3) is 31.8 Å². The van der Waals surface area contributed by atoms with Gasteiger partial charge in [-0.25, -0.2) is 10.6 Å². The average Bonchev–Trinajstić information content (AvgIpc) is 3.17. The van der Waals surface area contributed by atoms with E-state index in [1.54, 1.807) is 0 Å². The molecule has 154 valence electrons. The molecule has 4 heteroatoms. The standard InChI is InChI=1S/C26H28P4/c1-13-9-21(27-11-15(13)3)23-17(5)19(7)25(29-23)26-20(8)18(6)24(30-26)22-10-14(2)16(4)12-28-22/h9-12H,1-8H3/q-2. The van der Waals surface area contributed by atoms with E-state index in [0.717, 1.165) is 0 Å². The van der Waals surface area contributed by atoms with Gasteiger partial charge in [0.15, 0.2) is 0 Å². The highest BCUT2D eigenvalue weighted by Gasteiger charge is 2.08. The molecule has 4 aromatic rings. The normalized spacial score (nSPS) is 12.4. The van der Waals surface area contributed by atoms with Crippen molar-refractivity contribution in [3.8, 4) is 31.8 Å². The molecule has 0 amide bonds. The van der Waals surface area contributed by atoms with Crippen molar-refractivity contribution in [3.63, 3.8) is 0 Å².